The highest BCUT2D eigenvalue weighted by Crippen LogP contribution is 2.22. The minimum Gasteiger partial charge on any atom is -0.489 e. The normalized spacial score (nSPS) is 12.4. The summed E-state index contributed by atoms with van der Waals surface area (Å²) >= 11 is 3.45. The Morgan fingerprint density at radius 3 is 2.58 bits per heavy atom. The molecule has 0 N–H and O–H groups in total. The molecule has 5 aromatic rings. The molecule has 5 rings (SSSR count). The van der Waals surface area contributed by atoms with Crippen LogP contribution in [0, 0.1) is 0 Å². The zero-order valence-corrected chi connectivity index (χ0v) is 21.8. The van der Waals surface area contributed by atoms with E-state index in [0.717, 1.165) is 27.8 Å². The maximum atomic E-state index is 13.3. The summed E-state index contributed by atoms with van der Waals surface area (Å²) in [5.41, 5.74) is 2.51. The Morgan fingerprint density at radius 1 is 1.00 bits per heavy atom. The predicted octanol–water partition coefficient (Wildman–Crippen LogP) is 7.29. The first-order chi connectivity index (χ1) is 17.5. The third-order valence-corrected chi connectivity index (χ3v) is 6.86. The van der Waals surface area contributed by atoms with Gasteiger partial charge in [0.2, 0.25) is 0 Å². The lowest BCUT2D eigenvalue weighted by Gasteiger charge is -2.14. The molecule has 1 aromatic heterocycles. The van der Waals surface area contributed by atoms with Crippen LogP contribution in [-0.2, 0) is 6.61 Å². The van der Waals surface area contributed by atoms with E-state index in [1.165, 1.54) is 15.4 Å². The van der Waals surface area contributed by atoms with E-state index in [1.54, 1.807) is 12.3 Å². The van der Waals surface area contributed by atoms with Crippen molar-refractivity contribution in [3.8, 4) is 5.75 Å². The number of hydrogen-bond donors (Lipinski definition) is 0. The van der Waals surface area contributed by atoms with Crippen molar-refractivity contribution >= 4 is 43.8 Å². The van der Waals surface area contributed by atoms with Crippen LogP contribution in [0.15, 0.2) is 99.3 Å². The number of rotatable bonds is 7. The van der Waals surface area contributed by atoms with E-state index in [1.807, 2.05) is 48.5 Å². The molecule has 0 aliphatic heterocycles. The molecule has 0 bridgehead atoms. The summed E-state index contributed by atoms with van der Waals surface area (Å²) in [7, 11) is 0. The zero-order valence-electron chi connectivity index (χ0n) is 20.2. The van der Waals surface area contributed by atoms with Gasteiger partial charge in [0.25, 0.3) is 5.56 Å². The SMILES string of the molecule is CC[C@@H](C)c1nc2ccc(Br)cc2c(=O)n1N=Cc1ccc(OCc2cccc3ccccc23)cc1. The van der Waals surface area contributed by atoms with Crippen molar-refractivity contribution in [3.05, 3.63) is 117 Å². The third kappa shape index (κ3) is 4.95. The number of fused-ring (bicyclic) bond motifs is 2. The molecule has 0 saturated carbocycles. The summed E-state index contributed by atoms with van der Waals surface area (Å²) < 4.78 is 8.31. The topological polar surface area (TPSA) is 56.5 Å². The van der Waals surface area contributed by atoms with Crippen molar-refractivity contribution < 1.29 is 4.74 Å². The largest absolute Gasteiger partial charge is 0.489 e. The van der Waals surface area contributed by atoms with Crippen molar-refractivity contribution in [3.63, 3.8) is 0 Å². The van der Waals surface area contributed by atoms with E-state index in [-0.39, 0.29) is 11.5 Å². The van der Waals surface area contributed by atoms with Crippen LogP contribution in [-0.4, -0.2) is 15.9 Å². The second kappa shape index (κ2) is 10.5. The quantitative estimate of drug-likeness (QED) is 0.204. The molecule has 36 heavy (non-hydrogen) atoms. The Balaban J connectivity index is 1.38. The van der Waals surface area contributed by atoms with Crippen molar-refractivity contribution in [2.75, 3.05) is 0 Å². The maximum absolute atomic E-state index is 13.3. The van der Waals surface area contributed by atoms with Gasteiger partial charge in [-0.15, -0.1) is 0 Å². The van der Waals surface area contributed by atoms with Crippen LogP contribution in [0.5, 0.6) is 5.75 Å². The van der Waals surface area contributed by atoms with Gasteiger partial charge in [0.1, 0.15) is 18.2 Å². The third-order valence-electron chi connectivity index (χ3n) is 6.36. The smallest absolute Gasteiger partial charge is 0.282 e. The van der Waals surface area contributed by atoms with Crippen molar-refractivity contribution in [1.82, 2.24) is 9.66 Å². The highest BCUT2D eigenvalue weighted by Gasteiger charge is 2.15. The molecule has 1 atom stereocenters. The molecular weight excluding hydrogens is 514 g/mol. The molecule has 0 unspecified atom stereocenters. The summed E-state index contributed by atoms with van der Waals surface area (Å²) in [6.07, 6.45) is 2.54. The Hall–Kier alpha value is -3.77. The Bertz CT molecular complexity index is 1620. The second-order valence-corrected chi connectivity index (χ2v) is 9.71. The van der Waals surface area contributed by atoms with Crippen LogP contribution in [0.4, 0.5) is 0 Å². The highest BCUT2D eigenvalue weighted by atomic mass is 79.9. The van der Waals surface area contributed by atoms with Crippen LogP contribution < -0.4 is 10.3 Å². The molecular formula is C30H26BrN3O2. The molecule has 0 fully saturated rings. The lowest BCUT2D eigenvalue weighted by molar-refractivity contribution is 0.307. The fraction of sp³-hybridized carbons (Fsp3) is 0.167. The Labute approximate surface area is 218 Å². The lowest BCUT2D eigenvalue weighted by Crippen LogP contribution is -2.23. The van der Waals surface area contributed by atoms with Gasteiger partial charge in [-0.05, 0) is 70.8 Å². The van der Waals surface area contributed by atoms with Crippen molar-refractivity contribution in [2.24, 2.45) is 5.10 Å². The minimum absolute atomic E-state index is 0.0905. The first kappa shape index (κ1) is 23.9. The molecule has 6 heteroatoms. The molecule has 0 spiro atoms. The van der Waals surface area contributed by atoms with Gasteiger partial charge in [-0.1, -0.05) is 72.2 Å². The van der Waals surface area contributed by atoms with Crippen molar-refractivity contribution in [1.29, 1.82) is 0 Å². The molecule has 0 aliphatic carbocycles. The van der Waals surface area contributed by atoms with Crippen molar-refractivity contribution in [2.45, 2.75) is 32.8 Å². The minimum atomic E-state index is -0.178. The van der Waals surface area contributed by atoms with Gasteiger partial charge in [-0.3, -0.25) is 4.79 Å². The van der Waals surface area contributed by atoms with Gasteiger partial charge in [0, 0.05) is 10.4 Å². The number of aromatic nitrogens is 2. The van der Waals surface area contributed by atoms with E-state index in [2.05, 4.69) is 65.2 Å². The predicted molar refractivity (Wildman–Crippen MR) is 150 cm³/mol. The Kier molecular flexibility index (Phi) is 6.96. The highest BCUT2D eigenvalue weighted by molar-refractivity contribution is 9.10. The van der Waals surface area contributed by atoms with Gasteiger partial charge >= 0.3 is 0 Å². The second-order valence-electron chi connectivity index (χ2n) is 8.80. The standard InChI is InChI=1S/C30H26BrN3O2/c1-3-20(2)29-33-28-16-13-24(31)17-27(28)30(35)34(29)32-18-21-11-14-25(15-12-21)36-19-23-9-6-8-22-7-4-5-10-26(22)23/h4-18,20H,3,19H2,1-2H3/t20-/m1/s1. The van der Waals surface area contributed by atoms with Crippen LogP contribution in [0.3, 0.4) is 0 Å². The molecule has 0 saturated heterocycles. The van der Waals surface area contributed by atoms with E-state index in [0.29, 0.717) is 23.3 Å². The van der Waals surface area contributed by atoms with E-state index in [4.69, 9.17) is 9.72 Å². The summed E-state index contributed by atoms with van der Waals surface area (Å²) in [5, 5.41) is 7.47. The summed E-state index contributed by atoms with van der Waals surface area (Å²) in [6, 6.07) is 27.8. The van der Waals surface area contributed by atoms with Gasteiger partial charge in [0.05, 0.1) is 17.1 Å². The Morgan fingerprint density at radius 2 is 1.78 bits per heavy atom. The van der Waals surface area contributed by atoms with Gasteiger partial charge in [0.15, 0.2) is 0 Å². The van der Waals surface area contributed by atoms with Gasteiger partial charge < -0.3 is 4.74 Å². The van der Waals surface area contributed by atoms with Crippen LogP contribution in [0.2, 0.25) is 0 Å². The first-order valence-corrected chi connectivity index (χ1v) is 12.8. The van der Waals surface area contributed by atoms with Gasteiger partial charge in [-0.25, -0.2) is 4.98 Å². The monoisotopic (exact) mass is 539 g/mol. The number of hydrogen-bond acceptors (Lipinski definition) is 4. The molecule has 0 amide bonds. The zero-order chi connectivity index (χ0) is 25.1. The molecule has 0 aliphatic rings. The molecule has 0 radical (unpaired) electrons. The number of nitrogens with zero attached hydrogens (tertiary/aromatic N) is 3. The molecule has 1 heterocycles. The van der Waals surface area contributed by atoms with Crippen LogP contribution >= 0.6 is 15.9 Å². The molecule has 5 nitrogen and oxygen atoms in total. The summed E-state index contributed by atoms with van der Waals surface area (Å²) in [6.45, 7) is 4.62. The number of benzene rings is 4. The van der Waals surface area contributed by atoms with Crippen LogP contribution in [0.1, 0.15) is 43.1 Å². The van der Waals surface area contributed by atoms with E-state index in [9.17, 15) is 4.79 Å². The van der Waals surface area contributed by atoms with Crippen LogP contribution in [0.25, 0.3) is 21.7 Å². The fourth-order valence-electron chi connectivity index (χ4n) is 4.13. The van der Waals surface area contributed by atoms with Gasteiger partial charge in [-0.2, -0.15) is 9.78 Å². The van der Waals surface area contributed by atoms with E-state index >= 15 is 0 Å². The maximum Gasteiger partial charge on any atom is 0.282 e. The molecule has 180 valence electrons. The van der Waals surface area contributed by atoms with E-state index < -0.39 is 0 Å². The average molecular weight is 540 g/mol. The lowest BCUT2D eigenvalue weighted by atomic mass is 10.1. The number of halogens is 1. The number of ether oxygens (including phenoxy) is 1. The summed E-state index contributed by atoms with van der Waals surface area (Å²) in [4.78, 5) is 18.0. The molecule has 4 aromatic carbocycles. The first-order valence-electron chi connectivity index (χ1n) is 12.0. The fourth-order valence-corrected chi connectivity index (χ4v) is 4.49. The average Bonchev–Trinajstić information content (AvgIpc) is 2.91. The summed E-state index contributed by atoms with van der Waals surface area (Å²) in [5.74, 6) is 1.52.